The molecule has 17 heavy (non-hydrogen) atoms. The lowest BCUT2D eigenvalue weighted by Crippen LogP contribution is -3.00. The fourth-order valence-corrected chi connectivity index (χ4v) is 2.34. The van der Waals surface area contributed by atoms with Gasteiger partial charge >= 0.3 is 0 Å². The Kier molecular flexibility index (Phi) is 3.11. The summed E-state index contributed by atoms with van der Waals surface area (Å²) in [5.41, 5.74) is 4.83. The molecule has 1 aliphatic heterocycles. The highest BCUT2D eigenvalue weighted by molar-refractivity contribution is 6.05. The quantitative estimate of drug-likeness (QED) is 0.730. The van der Waals surface area contributed by atoms with Gasteiger partial charge in [-0.15, -0.1) is 0 Å². The van der Waals surface area contributed by atoms with Gasteiger partial charge in [-0.1, -0.05) is 0 Å². The molecule has 0 fully saturated rings. The summed E-state index contributed by atoms with van der Waals surface area (Å²) in [6.45, 7) is 2.96. The van der Waals surface area contributed by atoms with Crippen molar-refractivity contribution in [2.45, 2.75) is 13.3 Å². The molecule has 0 unspecified atom stereocenters. The van der Waals surface area contributed by atoms with Gasteiger partial charge in [-0.05, 0) is 31.0 Å². The van der Waals surface area contributed by atoms with E-state index in [1.54, 1.807) is 7.11 Å². The molecule has 2 aromatic rings. The van der Waals surface area contributed by atoms with Crippen molar-refractivity contribution in [1.29, 1.82) is 0 Å². The van der Waals surface area contributed by atoms with Crippen molar-refractivity contribution in [1.82, 2.24) is 4.98 Å². The van der Waals surface area contributed by atoms with Crippen molar-refractivity contribution in [3.63, 3.8) is 0 Å². The van der Waals surface area contributed by atoms with E-state index in [0.29, 0.717) is 0 Å². The summed E-state index contributed by atoms with van der Waals surface area (Å²) in [7, 11) is 1.69. The SMILES string of the molecule is COc1ccc2c3c([nH]c2c1)C(C)=NCC3.[Cl-]. The average Bonchev–Trinajstić information content (AvgIpc) is 2.68. The number of nitrogens with zero attached hydrogens (tertiary/aromatic N) is 1. The summed E-state index contributed by atoms with van der Waals surface area (Å²) in [6, 6.07) is 6.18. The fraction of sp³-hybridized carbons (Fsp3) is 0.308. The lowest BCUT2D eigenvalue weighted by molar-refractivity contribution is -0.00000368. The zero-order valence-corrected chi connectivity index (χ0v) is 10.6. The molecule has 0 aliphatic carbocycles. The number of aromatic nitrogens is 1. The number of fused-ring (bicyclic) bond motifs is 3. The summed E-state index contributed by atoms with van der Waals surface area (Å²) in [5, 5.41) is 1.30. The standard InChI is InChI=1S/C13H14N2O.ClH/c1-8-13-11(5-6-14-8)10-4-3-9(16-2)7-12(10)15-13;/h3-4,7,15H,5-6H2,1-2H3;1H/p-1. The Bertz CT molecular complexity index is 586. The number of methoxy groups -OCH3 is 1. The van der Waals surface area contributed by atoms with Gasteiger partial charge in [0.25, 0.3) is 0 Å². The van der Waals surface area contributed by atoms with Crippen molar-refractivity contribution in [3.8, 4) is 5.75 Å². The Balaban J connectivity index is 0.00000108. The molecule has 0 amide bonds. The van der Waals surface area contributed by atoms with E-state index >= 15 is 0 Å². The van der Waals surface area contributed by atoms with E-state index in [4.69, 9.17) is 4.74 Å². The van der Waals surface area contributed by atoms with E-state index in [9.17, 15) is 0 Å². The maximum absolute atomic E-state index is 5.23. The second-order valence-electron chi connectivity index (χ2n) is 4.11. The molecule has 3 rings (SSSR count). The molecular formula is C13H14ClN2O-. The van der Waals surface area contributed by atoms with Gasteiger partial charge in [-0.3, -0.25) is 4.99 Å². The molecule has 0 atom stereocenters. The lowest BCUT2D eigenvalue weighted by atomic mass is 10.0. The van der Waals surface area contributed by atoms with Crippen LogP contribution >= 0.6 is 0 Å². The Hall–Kier alpha value is -1.48. The number of rotatable bonds is 1. The van der Waals surface area contributed by atoms with Crippen LogP contribution in [0.15, 0.2) is 23.2 Å². The predicted octanol–water partition coefficient (Wildman–Crippen LogP) is -0.454. The van der Waals surface area contributed by atoms with Crippen LogP contribution in [0.25, 0.3) is 10.9 Å². The Labute approximate surface area is 106 Å². The zero-order valence-electron chi connectivity index (χ0n) is 9.88. The Morgan fingerprint density at radius 3 is 2.94 bits per heavy atom. The van der Waals surface area contributed by atoms with Crippen LogP contribution in [0.5, 0.6) is 5.75 Å². The zero-order chi connectivity index (χ0) is 11.1. The summed E-state index contributed by atoms with van der Waals surface area (Å²) in [5.74, 6) is 0.890. The maximum atomic E-state index is 5.23. The molecule has 0 bridgehead atoms. The average molecular weight is 250 g/mol. The van der Waals surface area contributed by atoms with E-state index in [0.717, 1.165) is 29.9 Å². The third-order valence-electron chi connectivity index (χ3n) is 3.19. The van der Waals surface area contributed by atoms with E-state index in [1.807, 2.05) is 12.1 Å². The number of hydrogen-bond donors (Lipinski definition) is 1. The van der Waals surface area contributed by atoms with Gasteiger partial charge in [0.2, 0.25) is 0 Å². The number of halogens is 1. The number of aliphatic imine (C=N–C) groups is 1. The number of aromatic amines is 1. The first kappa shape index (κ1) is 12.0. The first-order chi connectivity index (χ1) is 7.79. The fourth-order valence-electron chi connectivity index (χ4n) is 2.34. The number of nitrogens with one attached hydrogen (secondary N) is 1. The number of hydrogen-bond acceptors (Lipinski definition) is 2. The van der Waals surface area contributed by atoms with Crippen LogP contribution in [0.1, 0.15) is 18.2 Å². The van der Waals surface area contributed by atoms with Gasteiger partial charge in [-0.25, -0.2) is 0 Å². The molecule has 2 heterocycles. The molecule has 3 nitrogen and oxygen atoms in total. The second-order valence-corrected chi connectivity index (χ2v) is 4.11. The number of benzene rings is 1. The topological polar surface area (TPSA) is 37.4 Å². The molecular weight excluding hydrogens is 236 g/mol. The molecule has 0 saturated heterocycles. The third-order valence-corrected chi connectivity index (χ3v) is 3.19. The third kappa shape index (κ3) is 1.80. The summed E-state index contributed by atoms with van der Waals surface area (Å²) < 4.78 is 5.23. The summed E-state index contributed by atoms with van der Waals surface area (Å²) in [4.78, 5) is 7.89. The van der Waals surface area contributed by atoms with Crippen LogP contribution in [0, 0.1) is 0 Å². The van der Waals surface area contributed by atoms with Gasteiger partial charge in [0.15, 0.2) is 0 Å². The highest BCUT2D eigenvalue weighted by atomic mass is 35.5. The minimum Gasteiger partial charge on any atom is -1.00 e. The first-order valence-electron chi connectivity index (χ1n) is 5.49. The van der Waals surface area contributed by atoms with E-state index in [-0.39, 0.29) is 12.4 Å². The van der Waals surface area contributed by atoms with Crippen LogP contribution < -0.4 is 17.1 Å². The maximum Gasteiger partial charge on any atom is 0.120 e. The molecule has 1 aromatic heterocycles. The molecule has 1 aliphatic rings. The van der Waals surface area contributed by atoms with Gasteiger partial charge in [0, 0.05) is 23.5 Å². The van der Waals surface area contributed by atoms with Crippen LogP contribution in [0.2, 0.25) is 0 Å². The summed E-state index contributed by atoms with van der Waals surface area (Å²) >= 11 is 0. The van der Waals surface area contributed by atoms with Crippen molar-refractivity contribution in [2.24, 2.45) is 4.99 Å². The van der Waals surface area contributed by atoms with Crippen LogP contribution in [-0.2, 0) is 6.42 Å². The number of H-pyrrole nitrogens is 1. The van der Waals surface area contributed by atoms with Crippen molar-refractivity contribution < 1.29 is 17.1 Å². The molecule has 90 valence electrons. The van der Waals surface area contributed by atoms with E-state index in [1.165, 1.54) is 16.6 Å². The molecule has 1 N–H and O–H groups in total. The minimum atomic E-state index is 0. The molecule has 1 aromatic carbocycles. The predicted molar refractivity (Wildman–Crippen MR) is 65.6 cm³/mol. The van der Waals surface area contributed by atoms with Crippen LogP contribution in [0.3, 0.4) is 0 Å². The largest absolute Gasteiger partial charge is 1.00 e. The normalized spacial score (nSPS) is 13.9. The molecule has 4 heteroatoms. The summed E-state index contributed by atoms with van der Waals surface area (Å²) in [6.07, 6.45) is 1.03. The lowest BCUT2D eigenvalue weighted by Gasteiger charge is -2.09. The van der Waals surface area contributed by atoms with Crippen molar-refractivity contribution in [2.75, 3.05) is 13.7 Å². The minimum absolute atomic E-state index is 0. The molecule has 0 radical (unpaired) electrons. The van der Waals surface area contributed by atoms with E-state index in [2.05, 4.69) is 23.0 Å². The second kappa shape index (κ2) is 4.41. The van der Waals surface area contributed by atoms with Gasteiger partial charge in [0.05, 0.1) is 18.5 Å². The smallest absolute Gasteiger partial charge is 0.120 e. The Morgan fingerprint density at radius 1 is 1.35 bits per heavy atom. The highest BCUT2D eigenvalue weighted by Crippen LogP contribution is 2.28. The van der Waals surface area contributed by atoms with Crippen molar-refractivity contribution in [3.05, 3.63) is 29.5 Å². The molecule has 0 saturated carbocycles. The monoisotopic (exact) mass is 249 g/mol. The highest BCUT2D eigenvalue weighted by Gasteiger charge is 2.16. The van der Waals surface area contributed by atoms with Crippen LogP contribution in [0.4, 0.5) is 0 Å². The van der Waals surface area contributed by atoms with Crippen LogP contribution in [-0.4, -0.2) is 24.4 Å². The van der Waals surface area contributed by atoms with Gasteiger partial charge in [0.1, 0.15) is 5.75 Å². The van der Waals surface area contributed by atoms with E-state index < -0.39 is 0 Å². The first-order valence-corrected chi connectivity index (χ1v) is 5.49. The van der Waals surface area contributed by atoms with Crippen molar-refractivity contribution >= 4 is 16.6 Å². The Morgan fingerprint density at radius 2 is 2.18 bits per heavy atom. The number of ether oxygens (including phenoxy) is 1. The van der Waals surface area contributed by atoms with Gasteiger partial charge in [-0.2, -0.15) is 0 Å². The molecule has 0 spiro atoms. The van der Waals surface area contributed by atoms with Gasteiger partial charge < -0.3 is 22.1 Å².